The Morgan fingerprint density at radius 2 is 1.61 bits per heavy atom. The number of hydrogen-bond acceptors (Lipinski definition) is 13. The highest BCUT2D eigenvalue weighted by Crippen LogP contribution is 2.38. The summed E-state index contributed by atoms with van der Waals surface area (Å²) in [6.07, 6.45) is 6.37. The number of aliphatic hydroxyl groups excluding tert-OH is 1. The van der Waals surface area contributed by atoms with Gasteiger partial charge in [-0.05, 0) is 75.6 Å². The second-order valence-electron chi connectivity index (χ2n) is 16.9. The number of hydrogen-bond donors (Lipinski definition) is 8. The van der Waals surface area contributed by atoms with Crippen LogP contribution in [0.5, 0.6) is 11.5 Å². The van der Waals surface area contributed by atoms with Crippen LogP contribution in [-0.2, 0) is 55.7 Å². The highest BCUT2D eigenvalue weighted by atomic mass is 31.2. The standard InChI is InChI=1S/C45H63FN9O13P/c1-28(2)22-35(51-45(62)38-17-13-20-55(38)30(4)57)42(59)50-36(43(60)52-37(26-56)44(61)53-40(41(47)58)29(3)68-69(63,64)65)23-31-24-48-27-54(31)19-10-5-6-11-21-66-49-25-33-34(46)16-12-18-39(33)67-32-14-8-7-9-15-32/h7-9,12,14-16,18,24-25,27-29,35-38,40,56H,5-6,10-11,13,17,19-23,26H2,1-4H3,(H2,47,58)(H,50,59)(H,51,62)(H,52,60)(H,53,61)(H2,63,64,65)/b49-25-/t29-,35+,36+,37+,38+,40+/m1/s1. The fourth-order valence-electron chi connectivity index (χ4n) is 7.51. The van der Waals surface area contributed by atoms with Crippen LogP contribution >= 0.6 is 7.82 Å². The zero-order valence-electron chi connectivity index (χ0n) is 39.0. The Hall–Kier alpha value is -6.26. The maximum Gasteiger partial charge on any atom is 0.469 e. The van der Waals surface area contributed by atoms with Gasteiger partial charge in [0.15, 0.2) is 0 Å². The summed E-state index contributed by atoms with van der Waals surface area (Å²) < 4.78 is 38.1. The van der Waals surface area contributed by atoms with E-state index >= 15 is 0 Å². The minimum atomic E-state index is -5.14. The van der Waals surface area contributed by atoms with Crippen LogP contribution in [0.25, 0.3) is 0 Å². The number of nitrogens with one attached hydrogen (secondary N) is 4. The van der Waals surface area contributed by atoms with Crippen LogP contribution in [0.3, 0.4) is 0 Å². The number of halogens is 1. The largest absolute Gasteiger partial charge is 0.469 e. The molecule has 0 saturated carbocycles. The third-order valence-electron chi connectivity index (χ3n) is 11.0. The van der Waals surface area contributed by atoms with Crippen LogP contribution in [0.1, 0.15) is 83.9 Å². The number of ether oxygens (including phenoxy) is 1. The van der Waals surface area contributed by atoms with Gasteiger partial charge in [0.2, 0.25) is 35.4 Å². The molecule has 378 valence electrons. The molecule has 24 heteroatoms. The summed E-state index contributed by atoms with van der Waals surface area (Å²) in [4.78, 5) is 109. The predicted molar refractivity (Wildman–Crippen MR) is 247 cm³/mol. The first-order chi connectivity index (χ1) is 32.8. The Morgan fingerprint density at radius 3 is 2.28 bits per heavy atom. The normalized spacial score (nSPS) is 16.0. The van der Waals surface area contributed by atoms with Crippen LogP contribution < -0.4 is 31.7 Å². The molecule has 6 amide bonds. The summed E-state index contributed by atoms with van der Waals surface area (Å²) in [6.45, 7) is 6.14. The van der Waals surface area contributed by atoms with Crippen molar-refractivity contribution in [3.63, 3.8) is 0 Å². The molecule has 4 rings (SSSR count). The quantitative estimate of drug-likeness (QED) is 0.0223. The molecule has 0 aliphatic carbocycles. The molecule has 1 fully saturated rings. The molecule has 6 atom stereocenters. The average molecular weight is 988 g/mol. The number of benzene rings is 2. The van der Waals surface area contributed by atoms with Crippen molar-refractivity contribution in [3.05, 3.63) is 78.1 Å². The van der Waals surface area contributed by atoms with Gasteiger partial charge in [-0.2, -0.15) is 0 Å². The molecule has 2 aromatic carbocycles. The van der Waals surface area contributed by atoms with Crippen molar-refractivity contribution < 1.29 is 66.7 Å². The molecule has 69 heavy (non-hydrogen) atoms. The number of oxime groups is 1. The number of likely N-dealkylation sites (tertiary alicyclic amines) is 1. The number of imidazole rings is 1. The maximum atomic E-state index is 14.6. The lowest BCUT2D eigenvalue weighted by Crippen LogP contribution is -2.61. The maximum absolute atomic E-state index is 14.6. The van der Waals surface area contributed by atoms with Gasteiger partial charge in [0.05, 0.1) is 30.8 Å². The van der Waals surface area contributed by atoms with Crippen LogP contribution in [0.4, 0.5) is 4.39 Å². The summed E-state index contributed by atoms with van der Waals surface area (Å²) in [6, 6.07) is 6.42. The molecule has 0 bridgehead atoms. The molecule has 0 radical (unpaired) electrons. The van der Waals surface area contributed by atoms with Crippen LogP contribution in [0.2, 0.25) is 0 Å². The Kier molecular flexibility index (Phi) is 21.7. The van der Waals surface area contributed by atoms with Gasteiger partial charge >= 0.3 is 7.82 Å². The molecular weight excluding hydrogens is 925 g/mol. The third kappa shape index (κ3) is 18.0. The molecule has 22 nitrogen and oxygen atoms in total. The SMILES string of the molecule is CC(=O)N1CCC[C@H]1C(=O)N[C@@H](CC(C)C)C(=O)N[C@@H](Cc1cncn1CCCCCCO/N=C\c1c(F)cccc1Oc1ccccc1)C(=O)N[C@@H](CO)C(=O)N[C@H](C(N)=O)[C@@H](C)OP(=O)(O)O. The van der Waals surface area contributed by atoms with Crippen molar-refractivity contribution >= 4 is 49.5 Å². The topological polar surface area (TPSA) is 315 Å². The van der Waals surface area contributed by atoms with E-state index in [0.717, 1.165) is 19.8 Å². The molecule has 0 spiro atoms. The summed E-state index contributed by atoms with van der Waals surface area (Å²) in [5.74, 6) is -4.79. The van der Waals surface area contributed by atoms with E-state index in [9.17, 15) is 52.6 Å². The molecule has 0 unspecified atom stereocenters. The lowest BCUT2D eigenvalue weighted by atomic mass is 10.0. The van der Waals surface area contributed by atoms with Crippen LogP contribution in [0.15, 0.2) is 66.2 Å². The second kappa shape index (κ2) is 27.1. The van der Waals surface area contributed by atoms with Gasteiger partial charge in [0.25, 0.3) is 0 Å². The van der Waals surface area contributed by atoms with Crippen molar-refractivity contribution in [2.75, 3.05) is 19.8 Å². The fraction of sp³-hybridized carbons (Fsp3) is 0.511. The van der Waals surface area contributed by atoms with Gasteiger partial charge in [0.1, 0.15) is 54.1 Å². The second-order valence-corrected chi connectivity index (χ2v) is 18.1. The van der Waals surface area contributed by atoms with Crippen molar-refractivity contribution in [2.24, 2.45) is 16.8 Å². The number of aryl methyl sites for hydroxylation is 1. The number of nitrogens with zero attached hydrogens (tertiary/aromatic N) is 4. The summed E-state index contributed by atoms with van der Waals surface area (Å²) in [5.41, 5.74) is 5.98. The van der Waals surface area contributed by atoms with E-state index < -0.39 is 86.1 Å². The number of aliphatic hydroxyl groups is 1. The number of para-hydroxylation sites is 1. The molecule has 1 aliphatic heterocycles. The lowest BCUT2D eigenvalue weighted by molar-refractivity contribution is -0.139. The van der Waals surface area contributed by atoms with E-state index in [0.29, 0.717) is 50.2 Å². The zero-order chi connectivity index (χ0) is 50.7. The first-order valence-electron chi connectivity index (χ1n) is 22.6. The number of unbranched alkanes of at least 4 members (excludes halogenated alkanes) is 3. The van der Waals surface area contributed by atoms with Crippen LogP contribution in [-0.4, -0.2) is 127 Å². The van der Waals surface area contributed by atoms with Gasteiger partial charge in [-0.1, -0.05) is 49.7 Å². The highest BCUT2D eigenvalue weighted by Gasteiger charge is 2.37. The first-order valence-corrected chi connectivity index (χ1v) is 24.1. The Balaban J connectivity index is 1.42. The van der Waals surface area contributed by atoms with Crippen molar-refractivity contribution in [2.45, 2.75) is 122 Å². The minimum absolute atomic E-state index is 0.119. The molecule has 3 aromatic rings. The molecule has 1 aromatic heterocycles. The monoisotopic (exact) mass is 987 g/mol. The minimum Gasteiger partial charge on any atom is -0.457 e. The predicted octanol–water partition coefficient (Wildman–Crippen LogP) is 1.94. The Bertz CT molecular complexity index is 2280. The number of nitrogens with two attached hydrogens (primary N) is 1. The number of primary amides is 1. The molecule has 1 saturated heterocycles. The summed E-state index contributed by atoms with van der Waals surface area (Å²) >= 11 is 0. The van der Waals surface area contributed by atoms with Gasteiger partial charge in [-0.3, -0.25) is 33.3 Å². The van der Waals surface area contributed by atoms with Gasteiger partial charge in [0, 0.05) is 38.3 Å². The van der Waals surface area contributed by atoms with E-state index in [-0.39, 0.29) is 42.6 Å². The van der Waals surface area contributed by atoms with E-state index in [1.807, 2.05) is 19.9 Å². The van der Waals surface area contributed by atoms with E-state index in [2.05, 4.69) is 35.9 Å². The number of carbonyl (C=O) groups is 6. The van der Waals surface area contributed by atoms with Crippen molar-refractivity contribution in [1.82, 2.24) is 35.7 Å². The number of phosphoric acid groups is 1. The Morgan fingerprint density at radius 1 is 0.928 bits per heavy atom. The van der Waals surface area contributed by atoms with Crippen molar-refractivity contribution in [3.8, 4) is 11.5 Å². The summed E-state index contributed by atoms with van der Waals surface area (Å²) in [7, 11) is -5.14. The number of rotatable bonds is 28. The Labute approximate surface area is 399 Å². The summed E-state index contributed by atoms with van der Waals surface area (Å²) in [5, 5.41) is 24.0. The molecule has 9 N–H and O–H groups in total. The van der Waals surface area contributed by atoms with Gasteiger partial charge < -0.3 is 60.9 Å². The molecule has 1 aliphatic rings. The lowest BCUT2D eigenvalue weighted by Gasteiger charge is -2.28. The number of carbonyl (C=O) groups excluding carboxylic acids is 6. The van der Waals surface area contributed by atoms with E-state index in [1.54, 1.807) is 41.2 Å². The van der Waals surface area contributed by atoms with Gasteiger partial charge in [-0.15, -0.1) is 0 Å². The van der Waals surface area contributed by atoms with Crippen LogP contribution in [0, 0.1) is 11.7 Å². The fourth-order valence-corrected chi connectivity index (χ4v) is 8.06. The van der Waals surface area contributed by atoms with E-state index in [1.165, 1.54) is 36.4 Å². The highest BCUT2D eigenvalue weighted by molar-refractivity contribution is 7.46. The number of phosphoric ester groups is 1. The number of amides is 6. The third-order valence-corrected chi connectivity index (χ3v) is 11.6. The van der Waals surface area contributed by atoms with Gasteiger partial charge in [-0.25, -0.2) is 13.9 Å². The molecule has 2 heterocycles. The zero-order valence-corrected chi connectivity index (χ0v) is 39.9. The molecular formula is C45H63FN9O13P. The van der Waals surface area contributed by atoms with Crippen molar-refractivity contribution in [1.29, 1.82) is 0 Å². The van der Waals surface area contributed by atoms with E-state index in [4.69, 9.17) is 15.3 Å². The first kappa shape index (κ1) is 55.3. The smallest absolute Gasteiger partial charge is 0.457 e. The number of aromatic nitrogens is 2. The average Bonchev–Trinajstić information content (AvgIpc) is 3.97.